The molecular formula is C26H32ClFN6. The molecule has 0 saturated carbocycles. The summed E-state index contributed by atoms with van der Waals surface area (Å²) in [6.45, 7) is 12.2. The summed E-state index contributed by atoms with van der Waals surface area (Å²) in [7, 11) is 0. The number of pyridine rings is 1. The van der Waals surface area contributed by atoms with Crippen LogP contribution in [-0.4, -0.2) is 59.4 Å². The summed E-state index contributed by atoms with van der Waals surface area (Å²) in [5.41, 5.74) is 8.13. The van der Waals surface area contributed by atoms with E-state index in [0.29, 0.717) is 28.4 Å². The number of aromatic nitrogens is 1. The van der Waals surface area contributed by atoms with Crippen LogP contribution in [0.1, 0.15) is 30.9 Å². The fraction of sp³-hybridized carbons (Fsp3) is 0.385. The molecule has 6 nitrogen and oxygen atoms in total. The van der Waals surface area contributed by atoms with Crippen LogP contribution < -0.4 is 10.6 Å². The Kier molecular flexibility index (Phi) is 7.41. The van der Waals surface area contributed by atoms with Crippen LogP contribution in [0.4, 0.5) is 10.2 Å². The molecular weight excluding hydrogens is 451 g/mol. The molecule has 4 rings (SSSR count). The lowest BCUT2D eigenvalue weighted by Gasteiger charge is -2.42. The zero-order chi connectivity index (χ0) is 24.2. The van der Waals surface area contributed by atoms with E-state index in [0.717, 1.165) is 56.5 Å². The van der Waals surface area contributed by atoms with Crippen molar-refractivity contribution in [2.24, 2.45) is 10.7 Å². The predicted octanol–water partition coefficient (Wildman–Crippen LogP) is 4.66. The molecule has 1 aromatic heterocycles. The highest BCUT2D eigenvalue weighted by Gasteiger charge is 2.28. The van der Waals surface area contributed by atoms with E-state index < -0.39 is 0 Å². The normalized spacial score (nSPS) is 19.6. The predicted molar refractivity (Wildman–Crippen MR) is 138 cm³/mol. The van der Waals surface area contributed by atoms with Gasteiger partial charge in [-0.2, -0.15) is 0 Å². The fourth-order valence-electron chi connectivity index (χ4n) is 4.45. The van der Waals surface area contributed by atoms with Gasteiger partial charge in [-0.1, -0.05) is 30.3 Å². The largest absolute Gasteiger partial charge is 0.398 e. The quantitative estimate of drug-likeness (QED) is 0.496. The Bertz CT molecular complexity index is 1110. The van der Waals surface area contributed by atoms with Crippen LogP contribution >= 0.6 is 11.6 Å². The Morgan fingerprint density at radius 2 is 2.00 bits per heavy atom. The van der Waals surface area contributed by atoms with Crippen molar-refractivity contribution >= 4 is 29.0 Å². The van der Waals surface area contributed by atoms with E-state index in [2.05, 4.69) is 33.2 Å². The topological polar surface area (TPSA) is 61.0 Å². The van der Waals surface area contributed by atoms with Gasteiger partial charge in [-0.05, 0) is 50.5 Å². The third-order valence-corrected chi connectivity index (χ3v) is 6.76. The van der Waals surface area contributed by atoms with Crippen molar-refractivity contribution in [3.8, 4) is 0 Å². The van der Waals surface area contributed by atoms with E-state index in [9.17, 15) is 4.39 Å². The van der Waals surface area contributed by atoms with Crippen LogP contribution in [0, 0.1) is 12.7 Å². The highest BCUT2D eigenvalue weighted by molar-refractivity contribution is 6.32. The van der Waals surface area contributed by atoms with Gasteiger partial charge in [0.25, 0.3) is 0 Å². The summed E-state index contributed by atoms with van der Waals surface area (Å²) in [5.74, 6) is 1.98. The number of anilines is 1. The van der Waals surface area contributed by atoms with Gasteiger partial charge in [0.2, 0.25) is 0 Å². The van der Waals surface area contributed by atoms with Gasteiger partial charge in [0, 0.05) is 62.3 Å². The van der Waals surface area contributed by atoms with E-state index in [1.807, 2.05) is 24.3 Å². The van der Waals surface area contributed by atoms with E-state index in [1.165, 1.54) is 6.07 Å². The van der Waals surface area contributed by atoms with Crippen molar-refractivity contribution in [3.63, 3.8) is 0 Å². The van der Waals surface area contributed by atoms with Crippen LogP contribution in [0.15, 0.2) is 60.0 Å². The zero-order valence-electron chi connectivity index (χ0n) is 19.8. The van der Waals surface area contributed by atoms with Gasteiger partial charge in [0.05, 0.1) is 5.02 Å². The second-order valence-electron chi connectivity index (χ2n) is 8.94. The van der Waals surface area contributed by atoms with Gasteiger partial charge >= 0.3 is 0 Å². The number of hydrogen-bond acceptors (Lipinski definition) is 5. The molecule has 34 heavy (non-hydrogen) atoms. The number of aliphatic imine (C=N–C) groups is 1. The number of nitrogens with zero attached hydrogens (tertiary/aromatic N) is 5. The Balaban J connectivity index is 1.62. The molecule has 1 atom stereocenters. The number of hydrogen-bond donors (Lipinski definition) is 1. The highest BCUT2D eigenvalue weighted by Crippen LogP contribution is 2.26. The number of nitrogens with two attached hydrogens (primary N) is 1. The smallest absolute Gasteiger partial charge is 0.147 e. The summed E-state index contributed by atoms with van der Waals surface area (Å²) in [5, 5.41) is 0.644. The second-order valence-corrected chi connectivity index (χ2v) is 9.35. The summed E-state index contributed by atoms with van der Waals surface area (Å²) < 4.78 is 14.2. The molecule has 180 valence electrons. The minimum atomic E-state index is -0.275. The first-order valence-corrected chi connectivity index (χ1v) is 12.1. The van der Waals surface area contributed by atoms with Crippen LogP contribution in [0.2, 0.25) is 5.02 Å². The van der Waals surface area contributed by atoms with Crippen LogP contribution in [0.3, 0.4) is 0 Å². The first kappa shape index (κ1) is 24.1. The van der Waals surface area contributed by atoms with E-state index in [4.69, 9.17) is 22.3 Å². The Labute approximate surface area is 206 Å². The second kappa shape index (κ2) is 10.5. The average Bonchev–Trinajstić information content (AvgIpc) is 3.36. The highest BCUT2D eigenvalue weighted by atomic mass is 35.5. The third kappa shape index (κ3) is 5.36. The maximum atomic E-state index is 14.2. The molecule has 0 spiro atoms. The van der Waals surface area contributed by atoms with Crippen LogP contribution in [0.5, 0.6) is 0 Å². The molecule has 1 aromatic carbocycles. The Hall–Kier alpha value is -3.06. The maximum absolute atomic E-state index is 14.2. The van der Waals surface area contributed by atoms with Crippen molar-refractivity contribution in [2.45, 2.75) is 32.7 Å². The maximum Gasteiger partial charge on any atom is 0.147 e. The molecule has 2 fully saturated rings. The van der Waals surface area contributed by atoms with E-state index in [1.54, 1.807) is 19.2 Å². The molecule has 2 N–H and O–H groups in total. The lowest BCUT2D eigenvalue weighted by Crippen LogP contribution is -2.54. The molecule has 0 amide bonds. The number of halogens is 2. The molecule has 8 heteroatoms. The molecule has 0 unspecified atom stereocenters. The number of aryl methyl sites for hydroxylation is 1. The molecule has 0 radical (unpaired) electrons. The molecule has 2 aliphatic heterocycles. The molecule has 2 aromatic rings. The minimum absolute atomic E-state index is 0.121. The number of rotatable bonds is 5. The molecule has 2 saturated heterocycles. The summed E-state index contributed by atoms with van der Waals surface area (Å²) in [4.78, 5) is 16.0. The molecule has 0 aliphatic carbocycles. The number of piperazine rings is 1. The Morgan fingerprint density at radius 1 is 1.24 bits per heavy atom. The monoisotopic (exact) mass is 482 g/mol. The van der Waals surface area contributed by atoms with Gasteiger partial charge in [0.1, 0.15) is 23.3 Å². The number of likely N-dealkylation sites (tertiary alicyclic amines) is 1. The molecule has 2 aliphatic rings. The van der Waals surface area contributed by atoms with E-state index in [-0.39, 0.29) is 11.9 Å². The third-order valence-electron chi connectivity index (χ3n) is 6.46. The lowest BCUT2D eigenvalue weighted by molar-refractivity contribution is 0.297. The van der Waals surface area contributed by atoms with Gasteiger partial charge < -0.3 is 20.4 Å². The first-order chi connectivity index (χ1) is 16.3. The summed E-state index contributed by atoms with van der Waals surface area (Å²) in [6.07, 6.45) is 5.88. The SMILES string of the molecule is C=C(N=C(/C=C(\N)c1ccc(C)c(F)c1)N1CCN(c2ncccc2Cl)C[C@H]1C)N1CCCC1. The van der Waals surface area contributed by atoms with Crippen LogP contribution in [0.25, 0.3) is 5.70 Å². The number of benzene rings is 1. The zero-order valence-corrected chi connectivity index (χ0v) is 20.6. The summed E-state index contributed by atoms with van der Waals surface area (Å²) >= 11 is 6.39. The molecule has 0 bridgehead atoms. The lowest BCUT2D eigenvalue weighted by atomic mass is 10.1. The standard InChI is InChI=1S/C26H32ClFN6/c1-18-8-9-21(15-23(18)28)24(29)16-25(31-20(3)32-11-4-5-12-32)34-14-13-33(17-19(34)2)26-22(27)7-6-10-30-26/h6-10,15-16,19H,3-5,11-14,17,29H2,1-2H3/b24-16-,31-25?/t19-/m1/s1. The van der Waals surface area contributed by atoms with Crippen molar-refractivity contribution in [3.05, 3.63) is 77.0 Å². The summed E-state index contributed by atoms with van der Waals surface area (Å²) in [6, 6.07) is 8.86. The number of amidine groups is 1. The van der Waals surface area contributed by atoms with Crippen molar-refractivity contribution in [1.29, 1.82) is 0 Å². The molecule has 3 heterocycles. The first-order valence-electron chi connectivity index (χ1n) is 11.7. The minimum Gasteiger partial charge on any atom is -0.398 e. The average molecular weight is 483 g/mol. The Morgan fingerprint density at radius 3 is 2.68 bits per heavy atom. The van der Waals surface area contributed by atoms with Crippen molar-refractivity contribution in [1.82, 2.24) is 14.8 Å². The van der Waals surface area contributed by atoms with E-state index >= 15 is 0 Å². The van der Waals surface area contributed by atoms with Crippen molar-refractivity contribution in [2.75, 3.05) is 37.6 Å². The van der Waals surface area contributed by atoms with Crippen LogP contribution in [-0.2, 0) is 0 Å². The van der Waals surface area contributed by atoms with Crippen molar-refractivity contribution < 1.29 is 4.39 Å². The van der Waals surface area contributed by atoms with Gasteiger partial charge in [0.15, 0.2) is 0 Å². The fourth-order valence-corrected chi connectivity index (χ4v) is 4.69. The van der Waals surface area contributed by atoms with Gasteiger partial charge in [-0.15, -0.1) is 0 Å². The van der Waals surface area contributed by atoms with Gasteiger partial charge in [-0.3, -0.25) is 0 Å². The van der Waals surface area contributed by atoms with Gasteiger partial charge in [-0.25, -0.2) is 14.4 Å².